The first-order valence-corrected chi connectivity index (χ1v) is 27.8. The van der Waals surface area contributed by atoms with Crippen molar-refractivity contribution < 1.29 is 4.39 Å². The summed E-state index contributed by atoms with van der Waals surface area (Å²) in [6.45, 7) is 14.4. The number of benzene rings is 6. The third-order valence-corrected chi connectivity index (χ3v) is 14.3. The highest BCUT2D eigenvalue weighted by atomic mass is 79.9. The molecule has 0 bridgehead atoms. The van der Waals surface area contributed by atoms with Gasteiger partial charge < -0.3 is 16.0 Å². The fourth-order valence-electron chi connectivity index (χ4n) is 9.43. The number of rotatable bonds is 15. The van der Waals surface area contributed by atoms with E-state index in [0.29, 0.717) is 58.3 Å². The molecule has 12 rings (SSSR count). The second-order valence-electron chi connectivity index (χ2n) is 19.9. The van der Waals surface area contributed by atoms with Crippen molar-refractivity contribution in [1.82, 2.24) is 59.2 Å². The number of nitrogens with one attached hydrogen (secondary N) is 3. The zero-order valence-electron chi connectivity index (χ0n) is 45.7. The van der Waals surface area contributed by atoms with Crippen molar-refractivity contribution in [2.75, 3.05) is 16.0 Å². The lowest BCUT2D eigenvalue weighted by Crippen LogP contribution is -2.09. The largest absolute Gasteiger partial charge is 0.339 e. The molecule has 0 saturated heterocycles. The number of halogens is 3. The molecule has 0 aliphatic carbocycles. The van der Waals surface area contributed by atoms with Gasteiger partial charge in [-0.25, -0.2) is 48.3 Å². The summed E-state index contributed by atoms with van der Waals surface area (Å²) in [7, 11) is 0. The van der Waals surface area contributed by atoms with E-state index in [1.165, 1.54) is 28.8 Å². The van der Waals surface area contributed by atoms with Crippen LogP contribution in [0.1, 0.15) is 95.0 Å². The fourth-order valence-corrected chi connectivity index (χ4v) is 10.0. The maximum atomic E-state index is 13.5. The topological polar surface area (TPSA) is 167 Å². The molecule has 12 aromatic rings. The van der Waals surface area contributed by atoms with Crippen LogP contribution in [0.3, 0.4) is 0 Å². The van der Waals surface area contributed by atoms with Gasteiger partial charge in [0.25, 0.3) is 0 Å². The van der Waals surface area contributed by atoms with Crippen LogP contribution in [0, 0.1) is 26.6 Å². The Morgan fingerprint density at radius 1 is 0.429 bits per heavy atom. The molecule has 84 heavy (non-hydrogen) atoms. The summed E-state index contributed by atoms with van der Waals surface area (Å²) in [6, 6.07) is 53.1. The molecule has 3 unspecified atom stereocenters. The SMILES string of the molecule is C.C.C.Cc1nc(Nc2cccc(Br)c2)c2cnn(CC(C)c3ccccc3)c2n1.Cc1nc(Nc2cccc(Cl)c2)c2cnn(CC(C)c3ccccc3)c2n1.Cc1nc(Nc2cccc(F)c2)c2cnn(CC(C)c3ccccc3)c2n1. The van der Waals surface area contributed by atoms with E-state index in [1.54, 1.807) is 18.3 Å². The van der Waals surface area contributed by atoms with Crippen LogP contribution in [0.5, 0.6) is 0 Å². The van der Waals surface area contributed by atoms with Crippen LogP contribution in [0.4, 0.5) is 38.9 Å². The van der Waals surface area contributed by atoms with Gasteiger partial charge in [0.05, 0.1) is 34.7 Å². The highest BCUT2D eigenvalue weighted by molar-refractivity contribution is 9.10. The number of aryl methyl sites for hydroxylation is 3. The normalized spacial score (nSPS) is 11.8. The van der Waals surface area contributed by atoms with Crippen molar-refractivity contribution in [2.45, 2.75) is 101 Å². The molecule has 15 nitrogen and oxygen atoms in total. The van der Waals surface area contributed by atoms with Gasteiger partial charge in [-0.15, -0.1) is 0 Å². The number of hydrogen-bond donors (Lipinski definition) is 3. The predicted octanol–water partition coefficient (Wildman–Crippen LogP) is 17.5. The van der Waals surface area contributed by atoms with Gasteiger partial charge in [0.1, 0.15) is 40.7 Å². The van der Waals surface area contributed by atoms with Crippen molar-refractivity contribution in [3.63, 3.8) is 0 Å². The van der Waals surface area contributed by atoms with Crippen molar-refractivity contribution in [1.29, 1.82) is 0 Å². The molecule has 0 saturated carbocycles. The van der Waals surface area contributed by atoms with Crippen LogP contribution in [0.2, 0.25) is 5.02 Å². The Kier molecular flexibility index (Phi) is 21.5. The van der Waals surface area contributed by atoms with Crippen LogP contribution in [0.25, 0.3) is 33.1 Å². The van der Waals surface area contributed by atoms with Crippen molar-refractivity contribution in [3.8, 4) is 0 Å². The van der Waals surface area contributed by atoms with Gasteiger partial charge in [0, 0.05) is 63.9 Å². The summed E-state index contributed by atoms with van der Waals surface area (Å²) in [5.74, 6) is 4.85. The van der Waals surface area contributed by atoms with Gasteiger partial charge in [-0.2, -0.15) is 15.3 Å². The minimum Gasteiger partial charge on any atom is -0.339 e. The van der Waals surface area contributed by atoms with E-state index in [9.17, 15) is 4.39 Å². The smallest absolute Gasteiger partial charge is 0.163 e. The van der Waals surface area contributed by atoms with E-state index in [4.69, 9.17) is 11.6 Å². The maximum absolute atomic E-state index is 13.5. The molecule has 0 spiro atoms. The molecule has 0 amide bonds. The Morgan fingerprint density at radius 2 is 0.762 bits per heavy atom. The highest BCUT2D eigenvalue weighted by Crippen LogP contribution is 2.30. The standard InChI is InChI=1S/C21H20BrN5.C21H20ClN5.C21H20FN5.3CH4/c3*1-14(16-7-4-3-5-8-16)13-27-21-19(12-23-27)20(24-15(2)25-21)26-18-10-6-9-17(22)11-18;;;/h3*3-12,14H,13H2,1-2H3,(H,24,25,26);3*1H4. The lowest BCUT2D eigenvalue weighted by molar-refractivity contribution is 0.554. The van der Waals surface area contributed by atoms with Crippen LogP contribution < -0.4 is 16.0 Å². The molecule has 0 fully saturated rings. The Balaban J connectivity index is 0.000000178. The van der Waals surface area contributed by atoms with E-state index < -0.39 is 0 Å². The van der Waals surface area contributed by atoms with Crippen LogP contribution in [0.15, 0.2) is 187 Å². The molecule has 0 aliphatic heterocycles. The maximum Gasteiger partial charge on any atom is 0.163 e. The predicted molar refractivity (Wildman–Crippen MR) is 347 cm³/mol. The van der Waals surface area contributed by atoms with Crippen LogP contribution in [-0.4, -0.2) is 59.2 Å². The second-order valence-corrected chi connectivity index (χ2v) is 21.2. The lowest BCUT2D eigenvalue weighted by atomic mass is 10.0. The zero-order valence-corrected chi connectivity index (χ0v) is 48.0. The van der Waals surface area contributed by atoms with Gasteiger partial charge in [-0.05, 0) is 92.1 Å². The molecule has 3 atom stereocenters. The number of nitrogens with zero attached hydrogens (tertiary/aromatic N) is 12. The summed E-state index contributed by atoms with van der Waals surface area (Å²) in [5, 5.41) is 26.9. The molecule has 6 aromatic carbocycles. The Hall–Kier alpha value is -8.93. The second kappa shape index (κ2) is 28.9. The van der Waals surface area contributed by atoms with Crippen LogP contribution >= 0.6 is 27.5 Å². The molecular weight excluding hydrogens is 1140 g/mol. The average Bonchev–Trinajstić information content (AvgIpc) is 4.41. The Morgan fingerprint density at radius 3 is 1.11 bits per heavy atom. The average molecular weight is 1210 g/mol. The molecule has 0 aliphatic rings. The van der Waals surface area contributed by atoms with Crippen LogP contribution in [-0.2, 0) is 19.6 Å². The minimum absolute atomic E-state index is 0. The number of aromatic nitrogens is 12. The van der Waals surface area contributed by atoms with E-state index in [1.807, 2.05) is 126 Å². The van der Waals surface area contributed by atoms with Gasteiger partial charge in [0.15, 0.2) is 16.9 Å². The molecule has 18 heteroatoms. The molecule has 0 radical (unpaired) electrons. The minimum atomic E-state index is -0.297. The molecule has 432 valence electrons. The number of fused-ring (bicyclic) bond motifs is 3. The fraction of sp³-hybridized carbons (Fsp3) is 0.227. The third-order valence-electron chi connectivity index (χ3n) is 13.5. The summed E-state index contributed by atoms with van der Waals surface area (Å²) in [5.41, 5.74) is 8.76. The summed E-state index contributed by atoms with van der Waals surface area (Å²) in [4.78, 5) is 27.5. The van der Waals surface area contributed by atoms with E-state index in [0.717, 1.165) is 73.7 Å². The quantitative estimate of drug-likeness (QED) is 0.0890. The highest BCUT2D eigenvalue weighted by Gasteiger charge is 2.18. The van der Waals surface area contributed by atoms with Crippen molar-refractivity contribution in [2.24, 2.45) is 0 Å². The molecule has 6 aromatic heterocycles. The lowest BCUT2D eigenvalue weighted by Gasteiger charge is -2.13. The van der Waals surface area contributed by atoms with Crippen molar-refractivity contribution in [3.05, 3.63) is 232 Å². The first-order chi connectivity index (χ1) is 39.3. The van der Waals surface area contributed by atoms with E-state index >= 15 is 0 Å². The monoisotopic (exact) mass is 1210 g/mol. The Labute approximate surface area is 505 Å². The number of hydrogen-bond acceptors (Lipinski definition) is 12. The van der Waals surface area contributed by atoms with E-state index in [2.05, 4.69) is 159 Å². The van der Waals surface area contributed by atoms with E-state index in [-0.39, 0.29) is 28.1 Å². The zero-order chi connectivity index (χ0) is 56.4. The van der Waals surface area contributed by atoms with Gasteiger partial charge in [-0.3, -0.25) is 0 Å². The molecular formula is C66H72BrClFN15. The van der Waals surface area contributed by atoms with Crippen molar-refractivity contribution >= 4 is 95.1 Å². The number of anilines is 6. The Bertz CT molecular complexity index is 3650. The summed E-state index contributed by atoms with van der Waals surface area (Å²) < 4.78 is 20.3. The first-order valence-electron chi connectivity index (χ1n) is 26.6. The summed E-state index contributed by atoms with van der Waals surface area (Å²) in [6.07, 6.45) is 5.42. The third kappa shape index (κ3) is 15.6. The van der Waals surface area contributed by atoms with Gasteiger partial charge in [0.2, 0.25) is 0 Å². The van der Waals surface area contributed by atoms with Gasteiger partial charge >= 0.3 is 0 Å². The summed E-state index contributed by atoms with van der Waals surface area (Å²) >= 11 is 9.59. The first kappa shape index (κ1) is 62.7. The van der Waals surface area contributed by atoms with Gasteiger partial charge in [-0.1, -0.05) is 180 Å². The molecule has 6 heterocycles. The molecule has 3 N–H and O–H groups in total.